The lowest BCUT2D eigenvalue weighted by Crippen LogP contribution is -2.15. The Balaban J connectivity index is 2.50. The van der Waals surface area contributed by atoms with Gasteiger partial charge in [0.25, 0.3) is 0 Å². The van der Waals surface area contributed by atoms with Crippen LogP contribution in [0.1, 0.15) is 13.3 Å². The molecule has 86 valence electrons. The van der Waals surface area contributed by atoms with Crippen LogP contribution in [0.5, 0.6) is 11.5 Å². The first-order valence-electron chi connectivity index (χ1n) is 5.23. The van der Waals surface area contributed by atoms with Gasteiger partial charge in [-0.2, -0.15) is 0 Å². The molecule has 3 nitrogen and oxygen atoms in total. The van der Waals surface area contributed by atoms with E-state index in [1.807, 2.05) is 19.1 Å². The summed E-state index contributed by atoms with van der Waals surface area (Å²) in [6, 6.07) is 7.19. The summed E-state index contributed by atoms with van der Waals surface area (Å²) >= 11 is 0. The van der Waals surface area contributed by atoms with Gasteiger partial charge in [-0.05, 0) is 18.6 Å². The van der Waals surface area contributed by atoms with Gasteiger partial charge in [-0.25, -0.2) is 0 Å². The fourth-order valence-corrected chi connectivity index (χ4v) is 1.09. The minimum Gasteiger partial charge on any atom is -0.491 e. The van der Waals surface area contributed by atoms with Gasteiger partial charge < -0.3 is 14.6 Å². The van der Waals surface area contributed by atoms with Crippen LogP contribution in [0.2, 0.25) is 0 Å². The molecule has 1 aromatic carbocycles. The molecule has 1 atom stereocenters. The molecule has 0 fully saturated rings. The van der Waals surface area contributed by atoms with Gasteiger partial charge in [0.1, 0.15) is 24.7 Å². The molecule has 1 rings (SSSR count). The summed E-state index contributed by atoms with van der Waals surface area (Å²) < 4.78 is 10.6. The lowest BCUT2D eigenvalue weighted by atomic mass is 10.3. The predicted octanol–water partition coefficient (Wildman–Crippen LogP) is 1.85. The number of hydrogen-bond acceptors (Lipinski definition) is 3. The maximum atomic E-state index is 9.35. The van der Waals surface area contributed by atoms with Crippen LogP contribution in [0.25, 0.3) is 0 Å². The molecule has 0 spiro atoms. The van der Waals surface area contributed by atoms with E-state index >= 15 is 0 Å². The van der Waals surface area contributed by atoms with Gasteiger partial charge in [-0.1, -0.05) is 18.9 Å². The molecule has 16 heavy (non-hydrogen) atoms. The van der Waals surface area contributed by atoms with E-state index in [1.54, 1.807) is 12.1 Å². The maximum absolute atomic E-state index is 9.35. The first-order chi connectivity index (χ1) is 7.76. The Kier molecular flexibility index (Phi) is 5.24. The molecule has 0 unspecified atom stereocenters. The van der Waals surface area contributed by atoms with Gasteiger partial charge in [0.15, 0.2) is 0 Å². The molecule has 1 aromatic rings. The van der Waals surface area contributed by atoms with E-state index in [2.05, 4.69) is 5.92 Å². The van der Waals surface area contributed by atoms with E-state index < -0.39 is 6.10 Å². The second-order valence-electron chi connectivity index (χ2n) is 3.34. The third kappa shape index (κ3) is 4.24. The topological polar surface area (TPSA) is 38.7 Å². The highest BCUT2D eigenvalue weighted by atomic mass is 16.5. The summed E-state index contributed by atoms with van der Waals surface area (Å²) in [4.78, 5) is 0. The van der Waals surface area contributed by atoms with Crippen molar-refractivity contribution < 1.29 is 14.6 Å². The van der Waals surface area contributed by atoms with Gasteiger partial charge in [-0.15, -0.1) is 6.42 Å². The molecular weight excluding hydrogens is 204 g/mol. The highest BCUT2D eigenvalue weighted by Crippen LogP contribution is 2.19. The SMILES string of the molecule is C#CCOc1cccc(OC[C@@H](O)CC)c1. The Morgan fingerprint density at radius 3 is 2.69 bits per heavy atom. The van der Waals surface area contributed by atoms with Crippen molar-refractivity contribution in [1.82, 2.24) is 0 Å². The summed E-state index contributed by atoms with van der Waals surface area (Å²) in [6.07, 6.45) is 5.33. The fourth-order valence-electron chi connectivity index (χ4n) is 1.09. The normalized spacial score (nSPS) is 11.6. The van der Waals surface area contributed by atoms with Crippen molar-refractivity contribution in [3.63, 3.8) is 0 Å². The van der Waals surface area contributed by atoms with Crippen molar-refractivity contribution in [3.8, 4) is 23.8 Å². The van der Waals surface area contributed by atoms with Crippen LogP contribution in [-0.4, -0.2) is 24.4 Å². The monoisotopic (exact) mass is 220 g/mol. The molecule has 0 amide bonds. The molecule has 1 N–H and O–H groups in total. The largest absolute Gasteiger partial charge is 0.491 e. The van der Waals surface area contributed by atoms with Crippen molar-refractivity contribution in [2.24, 2.45) is 0 Å². The van der Waals surface area contributed by atoms with Crippen molar-refractivity contribution in [2.75, 3.05) is 13.2 Å². The Hall–Kier alpha value is -1.66. The molecule has 0 aromatic heterocycles. The Bertz CT molecular complexity index is 354. The van der Waals surface area contributed by atoms with E-state index in [0.29, 0.717) is 17.9 Å². The standard InChI is InChI=1S/C13H16O3/c1-3-8-15-12-6-5-7-13(9-12)16-10-11(14)4-2/h1,5-7,9,11,14H,4,8,10H2,2H3/t11-/m0/s1. The third-order valence-corrected chi connectivity index (χ3v) is 2.04. The number of rotatable bonds is 6. The van der Waals surface area contributed by atoms with Crippen LogP contribution in [0, 0.1) is 12.3 Å². The summed E-state index contributed by atoms with van der Waals surface area (Å²) in [6.45, 7) is 2.43. The van der Waals surface area contributed by atoms with E-state index in [9.17, 15) is 5.11 Å². The average Bonchev–Trinajstić information content (AvgIpc) is 2.34. The van der Waals surface area contributed by atoms with Crippen LogP contribution < -0.4 is 9.47 Å². The van der Waals surface area contributed by atoms with Crippen LogP contribution in [0.15, 0.2) is 24.3 Å². The number of aliphatic hydroxyl groups is 1. The Morgan fingerprint density at radius 2 is 2.06 bits per heavy atom. The van der Waals surface area contributed by atoms with E-state index in [-0.39, 0.29) is 13.2 Å². The second kappa shape index (κ2) is 6.76. The van der Waals surface area contributed by atoms with Crippen molar-refractivity contribution in [3.05, 3.63) is 24.3 Å². The van der Waals surface area contributed by atoms with Gasteiger partial charge >= 0.3 is 0 Å². The molecular formula is C13H16O3. The van der Waals surface area contributed by atoms with Crippen LogP contribution in [0.4, 0.5) is 0 Å². The van der Waals surface area contributed by atoms with Gasteiger partial charge in [0.05, 0.1) is 6.10 Å². The summed E-state index contributed by atoms with van der Waals surface area (Å²) in [5.74, 6) is 3.73. The second-order valence-corrected chi connectivity index (χ2v) is 3.34. The van der Waals surface area contributed by atoms with Gasteiger partial charge in [0.2, 0.25) is 0 Å². The zero-order chi connectivity index (χ0) is 11.8. The highest BCUT2D eigenvalue weighted by Gasteiger charge is 2.02. The number of hydrogen-bond donors (Lipinski definition) is 1. The Labute approximate surface area is 96.0 Å². The summed E-state index contributed by atoms with van der Waals surface area (Å²) in [5, 5.41) is 9.35. The lowest BCUT2D eigenvalue weighted by molar-refractivity contribution is 0.104. The quantitative estimate of drug-likeness (QED) is 0.743. The van der Waals surface area contributed by atoms with E-state index in [4.69, 9.17) is 15.9 Å². The molecule has 3 heteroatoms. The average molecular weight is 220 g/mol. The minimum absolute atomic E-state index is 0.237. The highest BCUT2D eigenvalue weighted by molar-refractivity contribution is 5.33. The zero-order valence-electron chi connectivity index (χ0n) is 9.35. The summed E-state index contributed by atoms with van der Waals surface area (Å²) in [7, 11) is 0. The molecule has 0 radical (unpaired) electrons. The van der Waals surface area contributed by atoms with Crippen molar-refractivity contribution in [2.45, 2.75) is 19.4 Å². The smallest absolute Gasteiger partial charge is 0.148 e. The van der Waals surface area contributed by atoms with Crippen molar-refractivity contribution >= 4 is 0 Å². The van der Waals surface area contributed by atoms with Crippen molar-refractivity contribution in [1.29, 1.82) is 0 Å². The van der Waals surface area contributed by atoms with Crippen LogP contribution in [-0.2, 0) is 0 Å². The van der Waals surface area contributed by atoms with Crippen LogP contribution in [0.3, 0.4) is 0 Å². The number of benzene rings is 1. The summed E-state index contributed by atoms with van der Waals surface area (Å²) in [5.41, 5.74) is 0. The molecule has 0 aliphatic rings. The molecule has 0 aliphatic carbocycles. The molecule has 0 saturated heterocycles. The third-order valence-electron chi connectivity index (χ3n) is 2.04. The van der Waals surface area contributed by atoms with Crippen LogP contribution >= 0.6 is 0 Å². The zero-order valence-corrected chi connectivity index (χ0v) is 9.35. The first kappa shape index (κ1) is 12.4. The van der Waals surface area contributed by atoms with E-state index in [0.717, 1.165) is 0 Å². The number of ether oxygens (including phenoxy) is 2. The lowest BCUT2D eigenvalue weighted by Gasteiger charge is -2.11. The van der Waals surface area contributed by atoms with E-state index in [1.165, 1.54) is 0 Å². The molecule has 0 bridgehead atoms. The fraction of sp³-hybridized carbons (Fsp3) is 0.385. The number of terminal acetylenes is 1. The maximum Gasteiger partial charge on any atom is 0.148 e. The predicted molar refractivity (Wildman–Crippen MR) is 62.6 cm³/mol. The minimum atomic E-state index is -0.435. The molecule has 0 aliphatic heterocycles. The number of aliphatic hydroxyl groups excluding tert-OH is 1. The first-order valence-corrected chi connectivity index (χ1v) is 5.23. The molecule has 0 heterocycles. The molecule has 0 saturated carbocycles. The van der Waals surface area contributed by atoms with Gasteiger partial charge in [0, 0.05) is 6.07 Å². The van der Waals surface area contributed by atoms with Gasteiger partial charge in [-0.3, -0.25) is 0 Å². The Morgan fingerprint density at radius 1 is 1.38 bits per heavy atom.